The first-order valence-corrected chi connectivity index (χ1v) is 8.15. The van der Waals surface area contributed by atoms with E-state index in [0.717, 1.165) is 19.5 Å². The maximum absolute atomic E-state index is 12.9. The number of carbonyl (C=O) groups excluding carboxylic acids is 1. The Morgan fingerprint density at radius 3 is 2.62 bits per heavy atom. The molecule has 136 valence electrons. The number of nitrogens with one attached hydrogen (secondary N) is 1. The van der Waals surface area contributed by atoms with Crippen LogP contribution in [0.15, 0.2) is 6.20 Å². The van der Waals surface area contributed by atoms with Gasteiger partial charge in [0.25, 0.3) is 0 Å². The molecule has 9 heteroatoms. The quantitative estimate of drug-likeness (QED) is 0.744. The van der Waals surface area contributed by atoms with Crippen LogP contribution in [0.1, 0.15) is 38.4 Å². The Labute approximate surface area is 148 Å². The van der Waals surface area contributed by atoms with Crippen molar-refractivity contribution in [3.8, 4) is 0 Å². The largest absolute Gasteiger partial charge is 0.481 e. The molecule has 2 rings (SSSR count). The summed E-state index contributed by atoms with van der Waals surface area (Å²) < 4.78 is 1.61. The Hall–Kier alpha value is -1.67. The fraction of sp³-hybridized carbons (Fsp3) is 0.733. The van der Waals surface area contributed by atoms with Crippen LogP contribution >= 0.6 is 12.4 Å². The first-order chi connectivity index (χ1) is 11.0. The second-order valence-corrected chi connectivity index (χ2v) is 5.99. The number of hydrogen-bond acceptors (Lipinski definition) is 5. The molecular formula is C15H26ClN5O3. The molecule has 1 aromatic heterocycles. The van der Waals surface area contributed by atoms with Gasteiger partial charge in [0.2, 0.25) is 5.91 Å². The van der Waals surface area contributed by atoms with E-state index in [2.05, 4.69) is 15.6 Å². The Balaban J connectivity index is 0.00000288. The monoisotopic (exact) mass is 359 g/mol. The number of aliphatic carboxylic acids is 1. The molecule has 1 amide bonds. The zero-order chi connectivity index (χ0) is 16.8. The molecule has 1 fully saturated rings. The van der Waals surface area contributed by atoms with Crippen LogP contribution in [-0.4, -0.2) is 63.1 Å². The molecule has 0 spiro atoms. The van der Waals surface area contributed by atoms with Gasteiger partial charge in [0, 0.05) is 38.8 Å². The van der Waals surface area contributed by atoms with Crippen molar-refractivity contribution in [2.75, 3.05) is 26.2 Å². The molecular weight excluding hydrogens is 334 g/mol. The smallest absolute Gasteiger partial charge is 0.303 e. The average molecular weight is 360 g/mol. The van der Waals surface area contributed by atoms with Crippen molar-refractivity contribution in [2.45, 2.75) is 39.2 Å². The highest BCUT2D eigenvalue weighted by molar-refractivity contribution is 5.85. The van der Waals surface area contributed by atoms with Crippen LogP contribution < -0.4 is 5.32 Å². The van der Waals surface area contributed by atoms with Crippen molar-refractivity contribution in [3.05, 3.63) is 11.9 Å². The van der Waals surface area contributed by atoms with Gasteiger partial charge in [0.05, 0.1) is 12.1 Å². The molecule has 2 N–H and O–H groups in total. The van der Waals surface area contributed by atoms with E-state index in [1.807, 2.05) is 18.7 Å². The third-order valence-electron chi connectivity index (χ3n) is 4.30. The highest BCUT2D eigenvalue weighted by Gasteiger charge is 2.31. The molecule has 0 aromatic carbocycles. The fourth-order valence-corrected chi connectivity index (χ4v) is 2.71. The second-order valence-electron chi connectivity index (χ2n) is 5.99. The lowest BCUT2D eigenvalue weighted by Gasteiger charge is -2.32. The van der Waals surface area contributed by atoms with E-state index >= 15 is 0 Å². The lowest BCUT2D eigenvalue weighted by Crippen LogP contribution is -2.49. The Kier molecular flexibility index (Phi) is 8.14. The number of amides is 1. The molecule has 0 aliphatic carbocycles. The van der Waals surface area contributed by atoms with Gasteiger partial charge in [-0.1, -0.05) is 25.5 Å². The molecule has 0 saturated carbocycles. The van der Waals surface area contributed by atoms with E-state index < -0.39 is 5.97 Å². The third kappa shape index (κ3) is 5.17. The standard InChI is InChI=1S/C15H25N5O3.ClH/c1-3-11(2)14(15(23)19-8-6-16-7-9-19)20-10-12(17-18-20)4-5-13(21)22;/h10-11,14,16H,3-9H2,1-2H3,(H,21,22);1H/t11-,14+;/m1./s1. The minimum Gasteiger partial charge on any atom is -0.481 e. The summed E-state index contributed by atoms with van der Waals surface area (Å²) in [6, 6.07) is -0.385. The summed E-state index contributed by atoms with van der Waals surface area (Å²) in [6.45, 7) is 7.09. The number of rotatable bonds is 7. The van der Waals surface area contributed by atoms with Gasteiger partial charge in [-0.15, -0.1) is 17.5 Å². The normalized spacial score (nSPS) is 17.0. The molecule has 1 aliphatic heterocycles. The lowest BCUT2D eigenvalue weighted by molar-refractivity contribution is -0.138. The number of carbonyl (C=O) groups is 2. The predicted octanol–water partition coefficient (Wildman–Crippen LogP) is 0.736. The van der Waals surface area contributed by atoms with Crippen LogP contribution in [0.5, 0.6) is 0 Å². The average Bonchev–Trinajstić information content (AvgIpc) is 3.02. The van der Waals surface area contributed by atoms with Crippen LogP contribution in [0, 0.1) is 5.92 Å². The molecule has 24 heavy (non-hydrogen) atoms. The summed E-state index contributed by atoms with van der Waals surface area (Å²) in [5.41, 5.74) is 0.605. The maximum atomic E-state index is 12.9. The van der Waals surface area contributed by atoms with Crippen LogP contribution in [0.25, 0.3) is 0 Å². The topological polar surface area (TPSA) is 100 Å². The number of nitrogens with zero attached hydrogens (tertiary/aromatic N) is 4. The highest BCUT2D eigenvalue weighted by Crippen LogP contribution is 2.23. The van der Waals surface area contributed by atoms with E-state index in [1.54, 1.807) is 10.9 Å². The summed E-state index contributed by atoms with van der Waals surface area (Å²) >= 11 is 0. The van der Waals surface area contributed by atoms with Crippen molar-refractivity contribution >= 4 is 24.3 Å². The van der Waals surface area contributed by atoms with Crippen LogP contribution in [0.2, 0.25) is 0 Å². The van der Waals surface area contributed by atoms with Crippen molar-refractivity contribution < 1.29 is 14.7 Å². The zero-order valence-electron chi connectivity index (χ0n) is 14.1. The molecule has 0 unspecified atom stereocenters. The zero-order valence-corrected chi connectivity index (χ0v) is 15.0. The van der Waals surface area contributed by atoms with E-state index in [4.69, 9.17) is 5.11 Å². The van der Waals surface area contributed by atoms with Crippen molar-refractivity contribution in [1.29, 1.82) is 0 Å². The van der Waals surface area contributed by atoms with Gasteiger partial charge >= 0.3 is 5.97 Å². The Bertz CT molecular complexity index is 545. The third-order valence-corrected chi connectivity index (χ3v) is 4.30. The van der Waals surface area contributed by atoms with Crippen molar-refractivity contribution in [1.82, 2.24) is 25.2 Å². The van der Waals surface area contributed by atoms with Gasteiger partial charge in [-0.3, -0.25) is 9.59 Å². The number of aryl methyl sites for hydroxylation is 1. The first-order valence-electron chi connectivity index (χ1n) is 8.15. The SMILES string of the molecule is CC[C@@H](C)[C@@H](C(=O)N1CCNCC1)n1cc(CCC(=O)O)nn1.Cl. The van der Waals surface area contributed by atoms with Crippen LogP contribution in [0.3, 0.4) is 0 Å². The minimum absolute atomic E-state index is 0. The van der Waals surface area contributed by atoms with E-state index in [9.17, 15) is 9.59 Å². The molecule has 2 atom stereocenters. The molecule has 8 nitrogen and oxygen atoms in total. The maximum Gasteiger partial charge on any atom is 0.303 e. The van der Waals surface area contributed by atoms with Gasteiger partial charge in [0.15, 0.2) is 0 Å². The Morgan fingerprint density at radius 2 is 2.04 bits per heavy atom. The minimum atomic E-state index is -0.866. The number of hydrogen-bond donors (Lipinski definition) is 2. The molecule has 1 aromatic rings. The summed E-state index contributed by atoms with van der Waals surface area (Å²) in [5.74, 6) is -0.670. The predicted molar refractivity (Wildman–Crippen MR) is 91.2 cm³/mol. The molecule has 1 aliphatic rings. The first kappa shape index (κ1) is 20.4. The van der Waals surface area contributed by atoms with Gasteiger partial charge < -0.3 is 15.3 Å². The number of halogens is 1. The summed E-state index contributed by atoms with van der Waals surface area (Å²) in [6.07, 6.45) is 2.90. The molecule has 2 heterocycles. The van der Waals surface area contributed by atoms with Gasteiger partial charge in [0.1, 0.15) is 6.04 Å². The number of carboxylic acid groups (broad SMARTS) is 1. The molecule has 1 saturated heterocycles. The summed E-state index contributed by atoms with van der Waals surface area (Å²) in [7, 11) is 0. The van der Waals surface area contributed by atoms with Crippen molar-refractivity contribution in [3.63, 3.8) is 0 Å². The van der Waals surface area contributed by atoms with E-state index in [-0.39, 0.29) is 36.7 Å². The Morgan fingerprint density at radius 1 is 1.38 bits per heavy atom. The van der Waals surface area contributed by atoms with E-state index in [1.165, 1.54) is 0 Å². The fourth-order valence-electron chi connectivity index (χ4n) is 2.71. The second kappa shape index (κ2) is 9.58. The van der Waals surface area contributed by atoms with Gasteiger partial charge in [-0.2, -0.15) is 0 Å². The lowest BCUT2D eigenvalue weighted by atomic mass is 9.97. The number of piperazine rings is 1. The van der Waals surface area contributed by atoms with Crippen molar-refractivity contribution in [2.24, 2.45) is 5.92 Å². The summed E-state index contributed by atoms with van der Waals surface area (Å²) in [4.78, 5) is 25.4. The molecule has 0 bridgehead atoms. The van der Waals surface area contributed by atoms with Crippen LogP contribution in [-0.2, 0) is 16.0 Å². The van der Waals surface area contributed by atoms with Gasteiger partial charge in [-0.25, -0.2) is 4.68 Å². The number of aromatic nitrogens is 3. The number of carboxylic acids is 1. The molecule has 0 radical (unpaired) electrons. The summed E-state index contributed by atoms with van der Waals surface area (Å²) in [5, 5.41) is 20.1. The van der Waals surface area contributed by atoms with Gasteiger partial charge in [-0.05, 0) is 5.92 Å². The van der Waals surface area contributed by atoms with Crippen LogP contribution in [0.4, 0.5) is 0 Å². The highest BCUT2D eigenvalue weighted by atomic mass is 35.5. The van der Waals surface area contributed by atoms with E-state index in [0.29, 0.717) is 25.2 Å².